The molecular formula is C13H25N3S. The highest BCUT2D eigenvalue weighted by atomic mass is 32.1. The van der Waals surface area contributed by atoms with Crippen LogP contribution in [0, 0.1) is 12.3 Å². The van der Waals surface area contributed by atoms with Gasteiger partial charge in [-0.25, -0.2) is 4.98 Å². The largest absolute Gasteiger partial charge is 0.309 e. The number of thiazole rings is 1. The maximum atomic E-state index is 4.30. The fourth-order valence-electron chi connectivity index (χ4n) is 2.16. The minimum atomic E-state index is 0.288. The summed E-state index contributed by atoms with van der Waals surface area (Å²) in [4.78, 5) is 7.89. The van der Waals surface area contributed by atoms with Crippen molar-refractivity contribution >= 4 is 11.3 Å². The summed E-state index contributed by atoms with van der Waals surface area (Å²) in [5, 5.41) is 3.62. The molecule has 0 amide bonds. The Hall–Kier alpha value is -0.450. The predicted octanol–water partition coefficient (Wildman–Crippen LogP) is 2.69. The number of nitrogens with one attached hydrogen (secondary N) is 1. The van der Waals surface area contributed by atoms with Gasteiger partial charge in [0, 0.05) is 24.0 Å². The van der Waals surface area contributed by atoms with Gasteiger partial charge in [-0.05, 0) is 33.4 Å². The lowest BCUT2D eigenvalue weighted by molar-refractivity contribution is 0.227. The van der Waals surface area contributed by atoms with Gasteiger partial charge in [-0.15, -0.1) is 11.3 Å². The van der Waals surface area contributed by atoms with Crippen molar-refractivity contribution < 1.29 is 0 Å². The molecule has 3 nitrogen and oxygen atoms in total. The number of hydrogen-bond acceptors (Lipinski definition) is 4. The van der Waals surface area contributed by atoms with Gasteiger partial charge in [0.2, 0.25) is 0 Å². The molecule has 0 aromatic carbocycles. The summed E-state index contributed by atoms with van der Waals surface area (Å²) in [5.41, 5.74) is 3.37. The Kier molecular flexibility index (Phi) is 5.10. The minimum absolute atomic E-state index is 0.288. The molecule has 0 saturated heterocycles. The van der Waals surface area contributed by atoms with E-state index in [9.17, 15) is 0 Å². The molecule has 1 heterocycles. The molecule has 1 aromatic heterocycles. The van der Waals surface area contributed by atoms with Crippen molar-refractivity contribution in [3.63, 3.8) is 0 Å². The SMILES string of the molecule is Cc1ncsc1C(C)NCC(C)(C)CN(C)C. The average molecular weight is 255 g/mol. The molecule has 1 unspecified atom stereocenters. The van der Waals surface area contributed by atoms with Gasteiger partial charge < -0.3 is 10.2 Å². The molecule has 0 spiro atoms. The van der Waals surface area contributed by atoms with E-state index in [1.165, 1.54) is 4.88 Å². The normalized spacial score (nSPS) is 14.3. The molecule has 1 atom stereocenters. The van der Waals surface area contributed by atoms with E-state index in [-0.39, 0.29) is 5.41 Å². The van der Waals surface area contributed by atoms with E-state index >= 15 is 0 Å². The molecular weight excluding hydrogens is 230 g/mol. The van der Waals surface area contributed by atoms with E-state index in [4.69, 9.17) is 0 Å². The Morgan fingerprint density at radius 3 is 2.59 bits per heavy atom. The van der Waals surface area contributed by atoms with E-state index in [1.54, 1.807) is 11.3 Å². The highest BCUT2D eigenvalue weighted by molar-refractivity contribution is 7.09. The summed E-state index contributed by atoms with van der Waals surface area (Å²) in [6.07, 6.45) is 0. The van der Waals surface area contributed by atoms with Crippen LogP contribution < -0.4 is 5.32 Å². The van der Waals surface area contributed by atoms with Crippen molar-refractivity contribution in [3.05, 3.63) is 16.1 Å². The third kappa shape index (κ3) is 4.74. The Bertz CT molecular complexity index is 344. The van der Waals surface area contributed by atoms with Crippen LogP contribution in [-0.4, -0.2) is 37.1 Å². The zero-order valence-corrected chi connectivity index (χ0v) is 12.7. The minimum Gasteiger partial charge on any atom is -0.309 e. The molecule has 98 valence electrons. The standard InChI is InChI=1S/C13H25N3S/c1-10(12-11(2)15-9-17-12)14-7-13(3,4)8-16(5)6/h9-10,14H,7-8H2,1-6H3. The van der Waals surface area contributed by atoms with Crippen molar-refractivity contribution in [1.29, 1.82) is 0 Å². The van der Waals surface area contributed by atoms with Crippen molar-refractivity contribution in [3.8, 4) is 0 Å². The van der Waals surface area contributed by atoms with Crippen LogP contribution in [0.1, 0.15) is 37.4 Å². The number of aryl methyl sites for hydroxylation is 1. The van der Waals surface area contributed by atoms with Crippen LogP contribution in [0.25, 0.3) is 0 Å². The lowest BCUT2D eigenvalue weighted by Crippen LogP contribution is -2.38. The Morgan fingerprint density at radius 2 is 2.12 bits per heavy atom. The van der Waals surface area contributed by atoms with Crippen molar-refractivity contribution in [2.45, 2.75) is 33.7 Å². The third-order valence-corrected chi connectivity index (χ3v) is 3.92. The van der Waals surface area contributed by atoms with E-state index < -0.39 is 0 Å². The zero-order chi connectivity index (χ0) is 13.1. The van der Waals surface area contributed by atoms with Crippen LogP contribution in [-0.2, 0) is 0 Å². The summed E-state index contributed by atoms with van der Waals surface area (Å²) >= 11 is 1.74. The monoisotopic (exact) mass is 255 g/mol. The molecule has 1 rings (SSSR count). The second-order valence-corrected chi connectivity index (χ2v) is 6.69. The van der Waals surface area contributed by atoms with E-state index in [0.29, 0.717) is 6.04 Å². The molecule has 17 heavy (non-hydrogen) atoms. The first kappa shape index (κ1) is 14.6. The number of hydrogen-bond donors (Lipinski definition) is 1. The van der Waals surface area contributed by atoms with Crippen LogP contribution in [0.15, 0.2) is 5.51 Å². The van der Waals surface area contributed by atoms with Gasteiger partial charge in [-0.3, -0.25) is 0 Å². The molecule has 0 bridgehead atoms. The lowest BCUT2D eigenvalue weighted by Gasteiger charge is -2.30. The maximum Gasteiger partial charge on any atom is 0.0798 e. The average Bonchev–Trinajstić information content (AvgIpc) is 2.59. The van der Waals surface area contributed by atoms with Gasteiger partial charge in [0.15, 0.2) is 0 Å². The fourth-order valence-corrected chi connectivity index (χ4v) is 3.00. The van der Waals surface area contributed by atoms with E-state index in [1.807, 2.05) is 5.51 Å². The van der Waals surface area contributed by atoms with Gasteiger partial charge in [0.05, 0.1) is 11.2 Å². The van der Waals surface area contributed by atoms with Gasteiger partial charge >= 0.3 is 0 Å². The van der Waals surface area contributed by atoms with Crippen LogP contribution in [0.3, 0.4) is 0 Å². The van der Waals surface area contributed by atoms with E-state index in [2.05, 4.69) is 57.0 Å². The summed E-state index contributed by atoms with van der Waals surface area (Å²) in [5.74, 6) is 0. The van der Waals surface area contributed by atoms with Gasteiger partial charge in [-0.1, -0.05) is 13.8 Å². The smallest absolute Gasteiger partial charge is 0.0798 e. The third-order valence-electron chi connectivity index (χ3n) is 2.81. The van der Waals surface area contributed by atoms with E-state index in [0.717, 1.165) is 18.8 Å². The van der Waals surface area contributed by atoms with Crippen molar-refractivity contribution in [1.82, 2.24) is 15.2 Å². The lowest BCUT2D eigenvalue weighted by atomic mass is 9.92. The molecule has 4 heteroatoms. The van der Waals surface area contributed by atoms with Crippen LogP contribution in [0.4, 0.5) is 0 Å². The molecule has 0 saturated carbocycles. The summed E-state index contributed by atoms with van der Waals surface area (Å²) in [7, 11) is 4.25. The Labute approximate surface area is 109 Å². The van der Waals surface area contributed by atoms with Crippen LogP contribution in [0.5, 0.6) is 0 Å². The van der Waals surface area contributed by atoms with Crippen LogP contribution >= 0.6 is 11.3 Å². The first-order valence-corrected chi connectivity index (χ1v) is 6.98. The van der Waals surface area contributed by atoms with Crippen molar-refractivity contribution in [2.75, 3.05) is 27.2 Å². The fraction of sp³-hybridized carbons (Fsp3) is 0.769. The van der Waals surface area contributed by atoms with Gasteiger partial charge in [-0.2, -0.15) is 0 Å². The Balaban J connectivity index is 2.48. The second-order valence-electron chi connectivity index (χ2n) is 5.81. The molecule has 0 aliphatic carbocycles. The summed E-state index contributed by atoms with van der Waals surface area (Å²) in [6, 6.07) is 0.393. The Morgan fingerprint density at radius 1 is 1.47 bits per heavy atom. The van der Waals surface area contributed by atoms with Crippen LogP contribution in [0.2, 0.25) is 0 Å². The first-order chi connectivity index (χ1) is 7.82. The summed E-state index contributed by atoms with van der Waals surface area (Å²) < 4.78 is 0. The molecule has 1 aromatic rings. The predicted molar refractivity (Wildman–Crippen MR) is 75.6 cm³/mol. The quantitative estimate of drug-likeness (QED) is 0.847. The highest BCUT2D eigenvalue weighted by Crippen LogP contribution is 2.23. The first-order valence-electron chi connectivity index (χ1n) is 6.10. The topological polar surface area (TPSA) is 28.2 Å². The van der Waals surface area contributed by atoms with Crippen molar-refractivity contribution in [2.24, 2.45) is 5.41 Å². The van der Waals surface area contributed by atoms with Gasteiger partial charge in [0.1, 0.15) is 0 Å². The number of nitrogens with zero attached hydrogens (tertiary/aromatic N) is 2. The number of aromatic nitrogens is 1. The molecule has 0 radical (unpaired) electrons. The van der Waals surface area contributed by atoms with Gasteiger partial charge in [0.25, 0.3) is 0 Å². The highest BCUT2D eigenvalue weighted by Gasteiger charge is 2.20. The molecule has 0 aliphatic heterocycles. The molecule has 1 N–H and O–H groups in total. The second kappa shape index (κ2) is 5.94. The maximum absolute atomic E-state index is 4.30. The summed E-state index contributed by atoms with van der Waals surface area (Å²) in [6.45, 7) is 11.0. The number of rotatable bonds is 6. The molecule has 0 fully saturated rings. The molecule has 0 aliphatic rings. The zero-order valence-electron chi connectivity index (χ0n) is 11.9.